The average Bonchev–Trinajstić information content (AvgIpc) is 2.70. The zero-order chi connectivity index (χ0) is 18.9. The molecule has 0 bridgehead atoms. The van der Waals surface area contributed by atoms with Crippen molar-refractivity contribution in [3.8, 4) is 5.75 Å². The van der Waals surface area contributed by atoms with Crippen LogP contribution >= 0.6 is 0 Å². The summed E-state index contributed by atoms with van der Waals surface area (Å²) in [6.45, 7) is 0.602. The second-order valence-corrected chi connectivity index (χ2v) is 5.89. The summed E-state index contributed by atoms with van der Waals surface area (Å²) in [5.74, 6) is -0.532. The summed E-state index contributed by atoms with van der Waals surface area (Å²) in [4.78, 5) is 36.9. The van der Waals surface area contributed by atoms with Gasteiger partial charge in [-0.1, -0.05) is 12.1 Å². The number of rotatable bonds is 6. The van der Waals surface area contributed by atoms with Crippen molar-refractivity contribution in [2.75, 3.05) is 33.9 Å². The number of esters is 2. The van der Waals surface area contributed by atoms with Crippen molar-refractivity contribution in [1.29, 1.82) is 0 Å². The van der Waals surface area contributed by atoms with Crippen molar-refractivity contribution < 1.29 is 28.6 Å². The number of amides is 1. The smallest absolute Gasteiger partial charge is 0.331 e. The van der Waals surface area contributed by atoms with Crippen LogP contribution in [0, 0.1) is 5.92 Å². The molecule has 0 aliphatic carbocycles. The van der Waals surface area contributed by atoms with Crippen LogP contribution in [0.2, 0.25) is 0 Å². The molecule has 1 saturated heterocycles. The SMILES string of the molecule is COC(=O)C1CCN(C(=O)COC(=O)/C=C/c2ccc(OC)cc2)CC1. The molecule has 0 radical (unpaired) electrons. The lowest BCUT2D eigenvalue weighted by Gasteiger charge is -2.30. The number of piperidine rings is 1. The number of carbonyl (C=O) groups excluding carboxylic acids is 3. The fraction of sp³-hybridized carbons (Fsp3) is 0.421. The maximum Gasteiger partial charge on any atom is 0.331 e. The summed E-state index contributed by atoms with van der Waals surface area (Å²) in [6.07, 6.45) is 4.00. The van der Waals surface area contributed by atoms with Crippen molar-refractivity contribution in [2.45, 2.75) is 12.8 Å². The zero-order valence-electron chi connectivity index (χ0n) is 15.0. The van der Waals surface area contributed by atoms with Gasteiger partial charge in [0.1, 0.15) is 5.75 Å². The third-order valence-electron chi connectivity index (χ3n) is 4.25. The lowest BCUT2D eigenvalue weighted by molar-refractivity contribution is -0.151. The summed E-state index contributed by atoms with van der Waals surface area (Å²) < 4.78 is 14.8. The highest BCUT2D eigenvalue weighted by molar-refractivity contribution is 5.89. The van der Waals surface area contributed by atoms with E-state index >= 15 is 0 Å². The van der Waals surface area contributed by atoms with Gasteiger partial charge in [0, 0.05) is 19.2 Å². The fourth-order valence-electron chi connectivity index (χ4n) is 2.68. The quantitative estimate of drug-likeness (QED) is 0.566. The van der Waals surface area contributed by atoms with Crippen LogP contribution in [-0.4, -0.2) is 56.7 Å². The molecule has 1 fully saturated rings. The molecule has 0 N–H and O–H groups in total. The monoisotopic (exact) mass is 361 g/mol. The Morgan fingerprint density at radius 1 is 1.12 bits per heavy atom. The molecule has 0 saturated carbocycles. The minimum atomic E-state index is -0.585. The van der Waals surface area contributed by atoms with Gasteiger partial charge in [0.2, 0.25) is 0 Å². The molecule has 26 heavy (non-hydrogen) atoms. The van der Waals surface area contributed by atoms with E-state index < -0.39 is 5.97 Å². The van der Waals surface area contributed by atoms with E-state index in [1.54, 1.807) is 42.4 Å². The topological polar surface area (TPSA) is 82.1 Å². The van der Waals surface area contributed by atoms with Gasteiger partial charge in [-0.05, 0) is 36.6 Å². The van der Waals surface area contributed by atoms with Crippen LogP contribution in [0.15, 0.2) is 30.3 Å². The largest absolute Gasteiger partial charge is 0.497 e. The number of likely N-dealkylation sites (tertiary alicyclic amines) is 1. The first-order valence-corrected chi connectivity index (χ1v) is 8.38. The molecule has 7 heteroatoms. The highest BCUT2D eigenvalue weighted by atomic mass is 16.5. The Bertz CT molecular complexity index is 659. The van der Waals surface area contributed by atoms with Crippen LogP contribution in [0.3, 0.4) is 0 Å². The van der Waals surface area contributed by atoms with E-state index in [2.05, 4.69) is 0 Å². The Labute approximate surface area is 152 Å². The van der Waals surface area contributed by atoms with Gasteiger partial charge in [0.05, 0.1) is 20.1 Å². The third-order valence-corrected chi connectivity index (χ3v) is 4.25. The Morgan fingerprint density at radius 2 is 1.77 bits per heavy atom. The zero-order valence-corrected chi connectivity index (χ0v) is 15.0. The second kappa shape index (κ2) is 9.60. The number of methoxy groups -OCH3 is 2. The fourth-order valence-corrected chi connectivity index (χ4v) is 2.68. The Hall–Kier alpha value is -2.83. The van der Waals surface area contributed by atoms with E-state index in [4.69, 9.17) is 14.2 Å². The van der Waals surface area contributed by atoms with E-state index in [1.807, 2.05) is 0 Å². The Balaban J connectivity index is 1.74. The highest BCUT2D eigenvalue weighted by Crippen LogP contribution is 2.18. The molecule has 7 nitrogen and oxygen atoms in total. The maximum atomic E-state index is 12.1. The number of benzene rings is 1. The van der Waals surface area contributed by atoms with Crippen molar-refractivity contribution in [2.24, 2.45) is 5.92 Å². The standard InChI is InChI=1S/C19H23NO6/c1-24-16-6-3-14(4-7-16)5-8-18(22)26-13-17(21)20-11-9-15(10-12-20)19(23)25-2/h3-8,15H,9-13H2,1-2H3/b8-5+. The van der Waals surface area contributed by atoms with Crippen LogP contribution in [0.4, 0.5) is 0 Å². The van der Waals surface area contributed by atoms with Gasteiger partial charge < -0.3 is 19.1 Å². The summed E-state index contributed by atoms with van der Waals surface area (Å²) in [6, 6.07) is 7.18. The van der Waals surface area contributed by atoms with Gasteiger partial charge in [-0.15, -0.1) is 0 Å². The third kappa shape index (κ3) is 5.61. The summed E-state index contributed by atoms with van der Waals surface area (Å²) in [5.41, 5.74) is 0.818. The van der Waals surface area contributed by atoms with Gasteiger partial charge in [0.15, 0.2) is 6.61 Å². The molecule has 1 aromatic rings. The van der Waals surface area contributed by atoms with E-state index in [1.165, 1.54) is 13.2 Å². The molecule has 1 aliphatic heterocycles. The number of hydrogen-bond acceptors (Lipinski definition) is 6. The van der Waals surface area contributed by atoms with Crippen LogP contribution in [0.25, 0.3) is 6.08 Å². The Kier molecular flexibility index (Phi) is 7.20. The molecule has 0 atom stereocenters. The Morgan fingerprint density at radius 3 is 2.35 bits per heavy atom. The van der Waals surface area contributed by atoms with Gasteiger partial charge in [-0.2, -0.15) is 0 Å². The predicted molar refractivity (Wildman–Crippen MR) is 94.3 cm³/mol. The highest BCUT2D eigenvalue weighted by Gasteiger charge is 2.28. The summed E-state index contributed by atoms with van der Waals surface area (Å²) in [5, 5.41) is 0. The van der Waals surface area contributed by atoms with Crippen molar-refractivity contribution in [3.05, 3.63) is 35.9 Å². The van der Waals surface area contributed by atoms with Crippen LogP contribution in [0.5, 0.6) is 5.75 Å². The minimum Gasteiger partial charge on any atom is -0.497 e. The van der Waals surface area contributed by atoms with Crippen molar-refractivity contribution >= 4 is 23.9 Å². The van der Waals surface area contributed by atoms with E-state index in [9.17, 15) is 14.4 Å². The predicted octanol–water partition coefficient (Wildman–Crippen LogP) is 1.66. The van der Waals surface area contributed by atoms with Crippen LogP contribution < -0.4 is 4.74 Å². The maximum absolute atomic E-state index is 12.1. The number of ether oxygens (including phenoxy) is 3. The average molecular weight is 361 g/mol. The molecule has 1 aromatic carbocycles. The molecule has 0 unspecified atom stereocenters. The first-order valence-electron chi connectivity index (χ1n) is 8.38. The van der Waals surface area contributed by atoms with Gasteiger partial charge >= 0.3 is 11.9 Å². The number of carbonyl (C=O) groups is 3. The molecule has 140 valence electrons. The van der Waals surface area contributed by atoms with Gasteiger partial charge in [-0.3, -0.25) is 9.59 Å². The molecular weight excluding hydrogens is 338 g/mol. The minimum absolute atomic E-state index is 0.168. The molecule has 0 aromatic heterocycles. The lowest BCUT2D eigenvalue weighted by atomic mass is 9.97. The van der Waals surface area contributed by atoms with E-state index in [-0.39, 0.29) is 24.4 Å². The first-order chi connectivity index (χ1) is 12.5. The first kappa shape index (κ1) is 19.5. The van der Waals surface area contributed by atoms with Gasteiger partial charge in [-0.25, -0.2) is 4.79 Å². The molecule has 1 amide bonds. The molecule has 0 spiro atoms. The van der Waals surface area contributed by atoms with Crippen molar-refractivity contribution in [1.82, 2.24) is 4.90 Å². The second-order valence-electron chi connectivity index (χ2n) is 5.89. The van der Waals surface area contributed by atoms with E-state index in [0.29, 0.717) is 25.9 Å². The molecular formula is C19H23NO6. The molecule has 1 aliphatic rings. The molecule has 1 heterocycles. The normalized spacial score (nSPS) is 14.9. The number of nitrogens with zero attached hydrogens (tertiary/aromatic N) is 1. The molecule has 2 rings (SSSR count). The van der Waals surface area contributed by atoms with Crippen molar-refractivity contribution in [3.63, 3.8) is 0 Å². The van der Waals surface area contributed by atoms with Gasteiger partial charge in [0.25, 0.3) is 5.91 Å². The summed E-state index contributed by atoms with van der Waals surface area (Å²) in [7, 11) is 2.94. The number of hydrogen-bond donors (Lipinski definition) is 0. The van der Waals surface area contributed by atoms with E-state index in [0.717, 1.165) is 11.3 Å². The van der Waals surface area contributed by atoms with Crippen LogP contribution in [-0.2, 0) is 23.9 Å². The van der Waals surface area contributed by atoms with Crippen LogP contribution in [0.1, 0.15) is 18.4 Å². The lowest BCUT2D eigenvalue weighted by Crippen LogP contribution is -2.42. The summed E-state index contributed by atoms with van der Waals surface area (Å²) >= 11 is 0.